The molecule has 9 nitrogen and oxygen atoms in total. The van der Waals surface area contributed by atoms with Crippen molar-refractivity contribution in [2.75, 3.05) is 12.4 Å². The van der Waals surface area contributed by atoms with Crippen molar-refractivity contribution in [3.8, 4) is 23.1 Å². The van der Waals surface area contributed by atoms with Crippen molar-refractivity contribution in [2.24, 2.45) is 0 Å². The molecule has 0 saturated carbocycles. The lowest BCUT2D eigenvalue weighted by Crippen LogP contribution is -2.17. The number of methoxy groups -OCH3 is 1. The molecule has 0 radical (unpaired) electrons. The maximum absolute atomic E-state index is 12.6. The molecule has 1 amide bonds. The number of carbonyl (C=O) groups is 1. The first-order valence-electron chi connectivity index (χ1n) is 7.85. The lowest BCUT2D eigenvalue weighted by Gasteiger charge is -2.04. The van der Waals surface area contributed by atoms with E-state index in [1.165, 1.54) is 22.2 Å². The Bertz CT molecular complexity index is 1080. The fourth-order valence-electron chi connectivity index (χ4n) is 2.32. The molecule has 4 rings (SSSR count). The number of rotatable bonds is 5. The molecule has 0 bridgehead atoms. The lowest BCUT2D eigenvalue weighted by atomic mass is 10.3. The van der Waals surface area contributed by atoms with E-state index in [1.807, 2.05) is 17.5 Å². The number of nitrogens with one attached hydrogen (secondary N) is 1. The molecule has 0 aliphatic rings. The molecule has 0 fully saturated rings. The summed E-state index contributed by atoms with van der Waals surface area (Å²) in [4.78, 5) is 25.5. The number of nitrogens with zero attached hydrogens (tertiary/aromatic N) is 6. The van der Waals surface area contributed by atoms with Crippen molar-refractivity contribution in [1.82, 2.24) is 29.9 Å². The molecule has 134 valence electrons. The predicted molar refractivity (Wildman–Crippen MR) is 99.0 cm³/mol. The molecule has 4 aromatic rings. The van der Waals surface area contributed by atoms with Crippen LogP contribution >= 0.6 is 11.3 Å². The van der Waals surface area contributed by atoms with E-state index in [-0.39, 0.29) is 11.6 Å². The molecule has 10 heteroatoms. The maximum Gasteiger partial charge on any atom is 0.277 e. The average molecular weight is 379 g/mol. The van der Waals surface area contributed by atoms with E-state index in [0.29, 0.717) is 28.2 Å². The molecule has 0 unspecified atom stereocenters. The van der Waals surface area contributed by atoms with Crippen LogP contribution in [0, 0.1) is 0 Å². The second-order valence-corrected chi connectivity index (χ2v) is 6.13. The molecular formula is C17H13N7O2S. The Morgan fingerprint density at radius 3 is 2.89 bits per heavy atom. The van der Waals surface area contributed by atoms with Crippen LogP contribution in [0.3, 0.4) is 0 Å². The minimum Gasteiger partial charge on any atom is -0.481 e. The van der Waals surface area contributed by atoms with E-state index >= 15 is 0 Å². The highest BCUT2D eigenvalue weighted by Crippen LogP contribution is 2.25. The van der Waals surface area contributed by atoms with Gasteiger partial charge in [-0.3, -0.25) is 10.1 Å². The van der Waals surface area contributed by atoms with Gasteiger partial charge in [0.25, 0.3) is 5.91 Å². The molecule has 0 aromatic carbocycles. The monoisotopic (exact) mass is 379 g/mol. The molecule has 4 heterocycles. The van der Waals surface area contributed by atoms with Gasteiger partial charge in [0.15, 0.2) is 16.6 Å². The minimum atomic E-state index is -0.384. The summed E-state index contributed by atoms with van der Waals surface area (Å²) >= 11 is 1.30. The van der Waals surface area contributed by atoms with Crippen LogP contribution in [0.1, 0.15) is 10.5 Å². The molecule has 4 aromatic heterocycles. The highest BCUT2D eigenvalue weighted by atomic mass is 32.1. The molecule has 0 spiro atoms. The summed E-state index contributed by atoms with van der Waals surface area (Å²) in [5, 5.41) is 12.7. The number of anilines is 1. The van der Waals surface area contributed by atoms with Crippen LogP contribution in [-0.2, 0) is 0 Å². The summed E-state index contributed by atoms with van der Waals surface area (Å²) in [6.45, 7) is 0. The zero-order valence-corrected chi connectivity index (χ0v) is 14.9. The van der Waals surface area contributed by atoms with Crippen molar-refractivity contribution in [3.05, 3.63) is 59.9 Å². The van der Waals surface area contributed by atoms with Crippen molar-refractivity contribution < 1.29 is 9.53 Å². The molecule has 1 N–H and O–H groups in total. The van der Waals surface area contributed by atoms with E-state index in [2.05, 4.69) is 30.6 Å². The standard InChI is InChI=1S/C17H13N7O2S/c1-26-15-7-4-5-11(20-15)12-10-27-17(21-12)22-16(25)13-9-19-23-24(13)14-6-2-3-8-18-14/h2-10H,1H3,(H,21,22,25). The largest absolute Gasteiger partial charge is 0.481 e. The van der Waals surface area contributed by atoms with Gasteiger partial charge in [-0.1, -0.05) is 17.3 Å². The predicted octanol–water partition coefficient (Wildman–Crippen LogP) is 2.44. The number of ether oxygens (including phenoxy) is 1. The Morgan fingerprint density at radius 1 is 1.15 bits per heavy atom. The third-order valence-electron chi connectivity index (χ3n) is 3.57. The lowest BCUT2D eigenvalue weighted by molar-refractivity contribution is 0.101. The zero-order valence-electron chi connectivity index (χ0n) is 14.1. The average Bonchev–Trinajstić information content (AvgIpc) is 3.38. The zero-order chi connectivity index (χ0) is 18.6. The first kappa shape index (κ1) is 16.8. The fourth-order valence-corrected chi connectivity index (χ4v) is 3.02. The van der Waals surface area contributed by atoms with Crippen molar-refractivity contribution in [1.29, 1.82) is 0 Å². The Balaban J connectivity index is 1.55. The van der Waals surface area contributed by atoms with Gasteiger partial charge in [-0.15, -0.1) is 16.4 Å². The van der Waals surface area contributed by atoms with Gasteiger partial charge in [0.05, 0.1) is 19.0 Å². The number of carbonyl (C=O) groups excluding carboxylic acids is 1. The first-order valence-corrected chi connectivity index (χ1v) is 8.73. The normalized spacial score (nSPS) is 10.6. The van der Waals surface area contributed by atoms with Gasteiger partial charge in [-0.2, -0.15) is 4.68 Å². The minimum absolute atomic E-state index is 0.255. The summed E-state index contributed by atoms with van der Waals surface area (Å²) in [7, 11) is 1.55. The van der Waals surface area contributed by atoms with E-state index in [9.17, 15) is 4.79 Å². The van der Waals surface area contributed by atoms with Crippen LogP contribution in [0.5, 0.6) is 5.88 Å². The Kier molecular flexibility index (Phi) is 4.54. The molecule has 0 aliphatic carbocycles. The van der Waals surface area contributed by atoms with Gasteiger partial charge in [0.2, 0.25) is 5.88 Å². The van der Waals surface area contributed by atoms with E-state index in [1.54, 1.807) is 37.6 Å². The van der Waals surface area contributed by atoms with Crippen LogP contribution in [0.15, 0.2) is 54.2 Å². The number of hydrogen-bond acceptors (Lipinski definition) is 8. The van der Waals surface area contributed by atoms with Crippen LogP contribution in [0.25, 0.3) is 17.2 Å². The summed E-state index contributed by atoms with van der Waals surface area (Å²) in [5.74, 6) is 0.613. The second kappa shape index (κ2) is 7.30. The summed E-state index contributed by atoms with van der Waals surface area (Å²) < 4.78 is 6.49. The van der Waals surface area contributed by atoms with Crippen LogP contribution in [0.2, 0.25) is 0 Å². The van der Waals surface area contributed by atoms with Gasteiger partial charge in [-0.05, 0) is 18.2 Å². The second-order valence-electron chi connectivity index (χ2n) is 5.28. The summed E-state index contributed by atoms with van der Waals surface area (Å²) in [6.07, 6.45) is 3.00. The Labute approximate surface area is 157 Å². The maximum atomic E-state index is 12.6. The molecule has 0 saturated heterocycles. The number of hydrogen-bond donors (Lipinski definition) is 1. The van der Waals surface area contributed by atoms with Gasteiger partial charge in [-0.25, -0.2) is 15.0 Å². The van der Waals surface area contributed by atoms with Crippen molar-refractivity contribution in [3.63, 3.8) is 0 Å². The summed E-state index contributed by atoms with van der Waals surface area (Å²) in [6, 6.07) is 10.7. The van der Waals surface area contributed by atoms with E-state index < -0.39 is 0 Å². The van der Waals surface area contributed by atoms with E-state index in [4.69, 9.17) is 4.74 Å². The number of pyridine rings is 2. The molecular weight excluding hydrogens is 366 g/mol. The van der Waals surface area contributed by atoms with Gasteiger partial charge < -0.3 is 4.74 Å². The van der Waals surface area contributed by atoms with Crippen LogP contribution < -0.4 is 10.1 Å². The molecule has 0 atom stereocenters. The van der Waals surface area contributed by atoms with Crippen molar-refractivity contribution in [2.45, 2.75) is 0 Å². The SMILES string of the molecule is COc1cccc(-c2csc(NC(=O)c3cnnn3-c3ccccn3)n2)n1. The summed E-state index contributed by atoms with van der Waals surface area (Å²) in [5.41, 5.74) is 1.56. The van der Waals surface area contributed by atoms with Crippen molar-refractivity contribution >= 4 is 22.4 Å². The quantitative estimate of drug-likeness (QED) is 0.567. The smallest absolute Gasteiger partial charge is 0.277 e. The third-order valence-corrected chi connectivity index (χ3v) is 4.33. The van der Waals surface area contributed by atoms with Gasteiger partial charge in [0, 0.05) is 17.6 Å². The first-order chi connectivity index (χ1) is 13.2. The molecule has 27 heavy (non-hydrogen) atoms. The highest BCUT2D eigenvalue weighted by Gasteiger charge is 2.17. The Morgan fingerprint density at radius 2 is 2.07 bits per heavy atom. The number of amides is 1. The number of aromatic nitrogens is 6. The topological polar surface area (TPSA) is 108 Å². The van der Waals surface area contributed by atoms with Gasteiger partial charge in [0.1, 0.15) is 5.69 Å². The third kappa shape index (κ3) is 3.51. The molecule has 0 aliphatic heterocycles. The van der Waals surface area contributed by atoms with Crippen LogP contribution in [-0.4, -0.2) is 43.0 Å². The highest BCUT2D eigenvalue weighted by molar-refractivity contribution is 7.14. The fraction of sp³-hybridized carbons (Fsp3) is 0.0588. The van der Waals surface area contributed by atoms with Gasteiger partial charge >= 0.3 is 0 Å². The number of thiazole rings is 1. The Hall–Kier alpha value is -3.66. The van der Waals surface area contributed by atoms with Crippen LogP contribution in [0.4, 0.5) is 5.13 Å². The van der Waals surface area contributed by atoms with E-state index in [0.717, 1.165) is 0 Å².